The maximum absolute atomic E-state index is 11.5. The molecule has 0 spiro atoms. The number of hydrogen-bond donors (Lipinski definition) is 3. The van der Waals surface area contributed by atoms with E-state index in [-0.39, 0.29) is 17.6 Å². The van der Waals surface area contributed by atoms with Crippen LogP contribution in [0.4, 0.5) is 0 Å². The van der Waals surface area contributed by atoms with Gasteiger partial charge in [-0.25, -0.2) is 0 Å². The van der Waals surface area contributed by atoms with Crippen LogP contribution < -0.4 is 16.4 Å². The molecule has 0 radical (unpaired) electrons. The van der Waals surface area contributed by atoms with Gasteiger partial charge in [-0.15, -0.1) is 0 Å². The minimum atomic E-state index is -0.678. The molecule has 96 valence electrons. The molecule has 1 aliphatic carbocycles. The van der Waals surface area contributed by atoms with Crippen LogP contribution in [0, 0.1) is 5.92 Å². The molecule has 17 heavy (non-hydrogen) atoms. The van der Waals surface area contributed by atoms with Crippen LogP contribution in [0.25, 0.3) is 0 Å². The fraction of sp³-hybridized carbons (Fsp3) is 0.727. The lowest BCUT2D eigenvalue weighted by Gasteiger charge is -2.19. The molecule has 4 N–H and O–H groups in total. The third-order valence-corrected chi connectivity index (χ3v) is 3.24. The van der Waals surface area contributed by atoms with Crippen molar-refractivity contribution >= 4 is 29.0 Å². The van der Waals surface area contributed by atoms with Crippen LogP contribution in [0.3, 0.4) is 0 Å². The molecule has 0 saturated heterocycles. The molecule has 0 aromatic heterocycles. The van der Waals surface area contributed by atoms with E-state index in [1.54, 1.807) is 0 Å². The summed E-state index contributed by atoms with van der Waals surface area (Å²) in [6.45, 7) is 1.99. The summed E-state index contributed by atoms with van der Waals surface area (Å²) in [5.74, 6) is -0.800. The van der Waals surface area contributed by atoms with E-state index in [0.717, 1.165) is 12.8 Å². The van der Waals surface area contributed by atoms with Crippen LogP contribution in [0.5, 0.6) is 0 Å². The second-order valence-corrected chi connectivity index (χ2v) is 4.98. The SMILES string of the molecule is CC(NC(=O)C(=O)NCC(N)=S)C1CCCC1. The van der Waals surface area contributed by atoms with Crippen LogP contribution in [-0.2, 0) is 9.59 Å². The van der Waals surface area contributed by atoms with Gasteiger partial charge in [0.2, 0.25) is 0 Å². The maximum atomic E-state index is 11.5. The second kappa shape index (κ2) is 6.54. The lowest BCUT2D eigenvalue weighted by atomic mass is 10.00. The summed E-state index contributed by atoms with van der Waals surface area (Å²) in [7, 11) is 0. The molecule has 2 amide bonds. The predicted molar refractivity (Wildman–Crippen MR) is 69.4 cm³/mol. The zero-order valence-electron chi connectivity index (χ0n) is 9.99. The molecule has 1 fully saturated rings. The van der Waals surface area contributed by atoms with Crippen LogP contribution in [0.15, 0.2) is 0 Å². The highest BCUT2D eigenvalue weighted by atomic mass is 32.1. The van der Waals surface area contributed by atoms with E-state index in [0.29, 0.717) is 5.92 Å². The van der Waals surface area contributed by atoms with E-state index in [1.165, 1.54) is 12.8 Å². The molecule has 0 aromatic rings. The number of nitrogens with one attached hydrogen (secondary N) is 2. The van der Waals surface area contributed by atoms with Crippen molar-refractivity contribution in [2.24, 2.45) is 11.7 Å². The highest BCUT2D eigenvalue weighted by Crippen LogP contribution is 2.27. The molecule has 1 aliphatic rings. The third kappa shape index (κ3) is 4.68. The Morgan fingerprint density at radius 3 is 2.47 bits per heavy atom. The summed E-state index contributed by atoms with van der Waals surface area (Å²) >= 11 is 4.61. The highest BCUT2D eigenvalue weighted by molar-refractivity contribution is 7.80. The summed E-state index contributed by atoms with van der Waals surface area (Å²) in [6.07, 6.45) is 4.66. The van der Waals surface area contributed by atoms with Gasteiger partial charge in [0.05, 0.1) is 11.5 Å². The zero-order chi connectivity index (χ0) is 12.8. The van der Waals surface area contributed by atoms with Gasteiger partial charge in [-0.05, 0) is 25.7 Å². The normalized spacial score (nSPS) is 17.5. The number of rotatable bonds is 4. The van der Waals surface area contributed by atoms with E-state index < -0.39 is 11.8 Å². The molecule has 0 bridgehead atoms. The molecular formula is C11H19N3O2S. The molecule has 1 atom stereocenters. The van der Waals surface area contributed by atoms with E-state index in [9.17, 15) is 9.59 Å². The average molecular weight is 257 g/mol. The Morgan fingerprint density at radius 1 is 1.35 bits per heavy atom. The van der Waals surface area contributed by atoms with E-state index in [4.69, 9.17) is 5.73 Å². The Bertz CT molecular complexity index is 314. The first kappa shape index (κ1) is 13.9. The van der Waals surface area contributed by atoms with Gasteiger partial charge in [0.15, 0.2) is 0 Å². The number of hydrogen-bond acceptors (Lipinski definition) is 3. The fourth-order valence-corrected chi connectivity index (χ4v) is 2.17. The first-order chi connectivity index (χ1) is 8.00. The lowest BCUT2D eigenvalue weighted by molar-refractivity contribution is -0.139. The van der Waals surface area contributed by atoms with Crippen LogP contribution >= 0.6 is 12.2 Å². The van der Waals surface area contributed by atoms with Crippen molar-refractivity contribution < 1.29 is 9.59 Å². The number of carbonyl (C=O) groups excluding carboxylic acids is 2. The molecule has 0 aromatic carbocycles. The first-order valence-corrected chi connectivity index (χ1v) is 6.28. The zero-order valence-corrected chi connectivity index (χ0v) is 10.8. The minimum Gasteiger partial charge on any atom is -0.392 e. The van der Waals surface area contributed by atoms with Gasteiger partial charge in [0.1, 0.15) is 0 Å². The third-order valence-electron chi connectivity index (χ3n) is 3.10. The Hall–Kier alpha value is -1.17. The molecule has 0 heterocycles. The van der Waals surface area contributed by atoms with E-state index >= 15 is 0 Å². The van der Waals surface area contributed by atoms with Crippen molar-refractivity contribution in [2.75, 3.05) is 6.54 Å². The Kier molecular flexibility index (Phi) is 5.34. The molecule has 1 unspecified atom stereocenters. The standard InChI is InChI=1S/C11H19N3O2S/c1-7(8-4-2-3-5-8)14-11(16)10(15)13-6-9(12)17/h7-8H,2-6H2,1H3,(H2,12,17)(H,13,15)(H,14,16). The van der Waals surface area contributed by atoms with Gasteiger partial charge in [0.25, 0.3) is 0 Å². The summed E-state index contributed by atoms with van der Waals surface area (Å²) in [4.78, 5) is 23.0. The van der Waals surface area contributed by atoms with Crippen molar-refractivity contribution in [3.8, 4) is 0 Å². The fourth-order valence-electron chi connectivity index (χ4n) is 2.10. The summed E-state index contributed by atoms with van der Waals surface area (Å²) in [5.41, 5.74) is 5.23. The smallest absolute Gasteiger partial charge is 0.309 e. The molecule has 1 rings (SSSR count). The van der Waals surface area contributed by atoms with Crippen molar-refractivity contribution in [2.45, 2.75) is 38.6 Å². The Morgan fingerprint density at radius 2 is 1.94 bits per heavy atom. The minimum absolute atomic E-state index is 0.0422. The number of nitrogens with two attached hydrogens (primary N) is 1. The second-order valence-electron chi connectivity index (χ2n) is 4.46. The van der Waals surface area contributed by atoms with Crippen molar-refractivity contribution in [1.29, 1.82) is 0 Å². The summed E-state index contributed by atoms with van der Waals surface area (Å²) in [5, 5.41) is 5.07. The monoisotopic (exact) mass is 257 g/mol. The maximum Gasteiger partial charge on any atom is 0.309 e. The summed E-state index contributed by atoms with van der Waals surface area (Å²) in [6, 6.07) is 0.0422. The average Bonchev–Trinajstić information content (AvgIpc) is 2.78. The number of carbonyl (C=O) groups is 2. The number of thiocarbonyl (C=S) groups is 1. The molecule has 0 aliphatic heterocycles. The van der Waals surface area contributed by atoms with Gasteiger partial charge in [-0.1, -0.05) is 25.1 Å². The highest BCUT2D eigenvalue weighted by Gasteiger charge is 2.24. The van der Waals surface area contributed by atoms with Gasteiger partial charge < -0.3 is 16.4 Å². The van der Waals surface area contributed by atoms with Gasteiger partial charge in [-0.3, -0.25) is 9.59 Å². The van der Waals surface area contributed by atoms with Gasteiger partial charge in [0, 0.05) is 6.04 Å². The lowest BCUT2D eigenvalue weighted by Crippen LogP contribution is -2.47. The van der Waals surface area contributed by atoms with Crippen LogP contribution in [0.1, 0.15) is 32.6 Å². The quantitative estimate of drug-likeness (QED) is 0.492. The van der Waals surface area contributed by atoms with Crippen LogP contribution in [0.2, 0.25) is 0 Å². The topological polar surface area (TPSA) is 84.2 Å². The first-order valence-electron chi connectivity index (χ1n) is 5.87. The van der Waals surface area contributed by atoms with Gasteiger partial charge >= 0.3 is 11.8 Å². The Balaban J connectivity index is 2.31. The predicted octanol–water partition coefficient (Wildman–Crippen LogP) is 0.0836. The Labute approximate surface area is 107 Å². The molecule has 1 saturated carbocycles. The molecule has 5 nitrogen and oxygen atoms in total. The van der Waals surface area contributed by atoms with Crippen LogP contribution in [-0.4, -0.2) is 29.4 Å². The van der Waals surface area contributed by atoms with E-state index in [1.807, 2.05) is 6.92 Å². The van der Waals surface area contributed by atoms with E-state index in [2.05, 4.69) is 22.9 Å². The largest absolute Gasteiger partial charge is 0.392 e. The van der Waals surface area contributed by atoms with Crippen molar-refractivity contribution in [1.82, 2.24) is 10.6 Å². The van der Waals surface area contributed by atoms with Crippen molar-refractivity contribution in [3.63, 3.8) is 0 Å². The van der Waals surface area contributed by atoms with Crippen molar-refractivity contribution in [3.05, 3.63) is 0 Å². The number of amides is 2. The molecular weight excluding hydrogens is 238 g/mol. The summed E-state index contributed by atoms with van der Waals surface area (Å²) < 4.78 is 0. The molecule has 6 heteroatoms. The van der Waals surface area contributed by atoms with Gasteiger partial charge in [-0.2, -0.15) is 0 Å².